The van der Waals surface area contributed by atoms with Gasteiger partial charge in [0, 0.05) is 37.3 Å². The van der Waals surface area contributed by atoms with Gasteiger partial charge in [0.2, 0.25) is 0 Å². The van der Waals surface area contributed by atoms with Crippen LogP contribution in [0.3, 0.4) is 0 Å². The van der Waals surface area contributed by atoms with Crippen molar-refractivity contribution >= 4 is 16.6 Å². The van der Waals surface area contributed by atoms with Crippen molar-refractivity contribution in [2.24, 2.45) is 0 Å². The van der Waals surface area contributed by atoms with Gasteiger partial charge in [0.25, 0.3) is 0 Å². The van der Waals surface area contributed by atoms with Gasteiger partial charge in [0.15, 0.2) is 11.5 Å². The number of anilines is 1. The van der Waals surface area contributed by atoms with Crippen LogP contribution >= 0.6 is 0 Å². The normalized spacial score (nSPS) is 18.8. The highest BCUT2D eigenvalue weighted by Gasteiger charge is 2.21. The molecule has 21 heavy (non-hydrogen) atoms. The summed E-state index contributed by atoms with van der Waals surface area (Å²) in [5, 5.41) is 5.62. The van der Waals surface area contributed by atoms with E-state index in [1.54, 1.807) is 14.2 Å². The maximum Gasteiger partial charge on any atom is 0.161 e. The molecule has 112 valence electrons. The number of nitrogens with one attached hydrogen (secondary N) is 1. The van der Waals surface area contributed by atoms with E-state index >= 15 is 0 Å². The third kappa shape index (κ3) is 2.49. The fraction of sp³-hybridized carbons (Fsp3) is 0.438. The summed E-state index contributed by atoms with van der Waals surface area (Å²) in [6.07, 6.45) is 1.86. The Morgan fingerprint density at radius 1 is 1.24 bits per heavy atom. The van der Waals surface area contributed by atoms with Gasteiger partial charge < -0.3 is 19.7 Å². The van der Waals surface area contributed by atoms with Crippen molar-refractivity contribution < 1.29 is 9.47 Å². The zero-order valence-corrected chi connectivity index (χ0v) is 12.7. The SMILES string of the molecule is COc1cc2ccnc(N3CCNCC3C)c2cc1OC. The molecule has 5 heteroatoms. The summed E-state index contributed by atoms with van der Waals surface area (Å²) in [4.78, 5) is 6.97. The Kier molecular flexibility index (Phi) is 3.84. The topological polar surface area (TPSA) is 46.6 Å². The second kappa shape index (κ2) is 5.77. The lowest BCUT2D eigenvalue weighted by Gasteiger charge is -2.35. The van der Waals surface area contributed by atoms with Gasteiger partial charge >= 0.3 is 0 Å². The average Bonchev–Trinajstić information content (AvgIpc) is 2.53. The summed E-state index contributed by atoms with van der Waals surface area (Å²) in [6, 6.07) is 6.45. The molecule has 0 radical (unpaired) electrons. The van der Waals surface area contributed by atoms with Crippen LogP contribution in [0.5, 0.6) is 11.5 Å². The Morgan fingerprint density at radius 2 is 2.00 bits per heavy atom. The largest absolute Gasteiger partial charge is 0.493 e. The fourth-order valence-electron chi connectivity index (χ4n) is 2.87. The molecule has 1 aromatic heterocycles. The Hall–Kier alpha value is -2.01. The quantitative estimate of drug-likeness (QED) is 0.936. The van der Waals surface area contributed by atoms with E-state index in [0.717, 1.165) is 47.7 Å². The summed E-state index contributed by atoms with van der Waals surface area (Å²) < 4.78 is 10.8. The van der Waals surface area contributed by atoms with E-state index in [4.69, 9.17) is 9.47 Å². The highest BCUT2D eigenvalue weighted by atomic mass is 16.5. The third-order valence-electron chi connectivity index (χ3n) is 4.02. The summed E-state index contributed by atoms with van der Waals surface area (Å²) in [6.45, 7) is 5.14. The van der Waals surface area contributed by atoms with Gasteiger partial charge in [-0.3, -0.25) is 0 Å². The van der Waals surface area contributed by atoms with E-state index in [-0.39, 0.29) is 0 Å². The maximum absolute atomic E-state index is 5.43. The second-order valence-corrected chi connectivity index (χ2v) is 5.31. The van der Waals surface area contributed by atoms with Crippen molar-refractivity contribution in [2.75, 3.05) is 38.8 Å². The monoisotopic (exact) mass is 287 g/mol. The number of pyridine rings is 1. The molecule has 0 amide bonds. The molecule has 1 aliphatic heterocycles. The molecule has 1 aliphatic rings. The van der Waals surface area contributed by atoms with E-state index in [1.165, 1.54) is 0 Å². The number of hydrogen-bond acceptors (Lipinski definition) is 5. The summed E-state index contributed by atoms with van der Waals surface area (Å²) in [5.41, 5.74) is 0. The maximum atomic E-state index is 5.43. The molecular formula is C16H21N3O2. The lowest BCUT2D eigenvalue weighted by atomic mass is 10.1. The predicted molar refractivity (Wildman–Crippen MR) is 84.5 cm³/mol. The van der Waals surface area contributed by atoms with Crippen LogP contribution in [-0.4, -0.2) is 44.9 Å². The predicted octanol–water partition coefficient (Wildman–Crippen LogP) is 2.05. The minimum absolute atomic E-state index is 0.421. The lowest BCUT2D eigenvalue weighted by Crippen LogP contribution is -2.50. The fourth-order valence-corrected chi connectivity index (χ4v) is 2.87. The molecule has 1 atom stereocenters. The van der Waals surface area contributed by atoms with Crippen LogP contribution in [0.1, 0.15) is 6.92 Å². The number of methoxy groups -OCH3 is 2. The molecule has 0 saturated carbocycles. The van der Waals surface area contributed by atoms with Crippen LogP contribution in [0.2, 0.25) is 0 Å². The molecule has 2 aromatic rings. The second-order valence-electron chi connectivity index (χ2n) is 5.31. The first kappa shape index (κ1) is 13.9. The Labute approximate surface area is 124 Å². The lowest BCUT2D eigenvalue weighted by molar-refractivity contribution is 0.356. The number of hydrogen-bond donors (Lipinski definition) is 1. The van der Waals surface area contributed by atoms with Gasteiger partial charge in [-0.1, -0.05) is 0 Å². The van der Waals surface area contributed by atoms with Gasteiger partial charge in [-0.2, -0.15) is 0 Å². The van der Waals surface area contributed by atoms with Gasteiger partial charge in [0.05, 0.1) is 14.2 Å². The van der Waals surface area contributed by atoms with E-state index < -0.39 is 0 Å². The van der Waals surface area contributed by atoms with Gasteiger partial charge in [-0.15, -0.1) is 0 Å². The van der Waals surface area contributed by atoms with Crippen LogP contribution in [0.4, 0.5) is 5.82 Å². The number of piperazine rings is 1. The first-order valence-electron chi connectivity index (χ1n) is 7.22. The number of nitrogens with zero attached hydrogens (tertiary/aromatic N) is 2. The zero-order chi connectivity index (χ0) is 14.8. The van der Waals surface area contributed by atoms with E-state index in [1.807, 2.05) is 24.4 Å². The number of aromatic nitrogens is 1. The molecule has 0 spiro atoms. The molecule has 5 nitrogen and oxygen atoms in total. The third-order valence-corrected chi connectivity index (χ3v) is 4.02. The molecule has 2 heterocycles. The van der Waals surface area contributed by atoms with Crippen LogP contribution in [0.15, 0.2) is 24.4 Å². The van der Waals surface area contributed by atoms with Crippen LogP contribution in [0, 0.1) is 0 Å². The van der Waals surface area contributed by atoms with Gasteiger partial charge in [-0.25, -0.2) is 4.98 Å². The molecule has 0 aliphatic carbocycles. The first-order valence-corrected chi connectivity index (χ1v) is 7.22. The Bertz CT molecular complexity index is 645. The van der Waals surface area contributed by atoms with Crippen molar-refractivity contribution in [1.82, 2.24) is 10.3 Å². The number of ether oxygens (including phenoxy) is 2. The number of rotatable bonds is 3. The Balaban J connectivity index is 2.14. The minimum Gasteiger partial charge on any atom is -0.493 e. The molecule has 1 fully saturated rings. The molecule has 1 aromatic carbocycles. The smallest absolute Gasteiger partial charge is 0.161 e. The van der Waals surface area contributed by atoms with Crippen molar-refractivity contribution in [3.05, 3.63) is 24.4 Å². The average molecular weight is 287 g/mol. The van der Waals surface area contributed by atoms with E-state index in [2.05, 4.69) is 22.1 Å². The van der Waals surface area contributed by atoms with Crippen LogP contribution in [-0.2, 0) is 0 Å². The standard InChI is InChI=1S/C16H21N3O2/c1-11-10-17-6-7-19(11)16-13-9-15(21-3)14(20-2)8-12(13)4-5-18-16/h4-5,8-9,11,17H,6-7,10H2,1-3H3. The Morgan fingerprint density at radius 3 is 2.71 bits per heavy atom. The van der Waals surface area contributed by atoms with Crippen molar-refractivity contribution in [2.45, 2.75) is 13.0 Å². The first-order chi connectivity index (χ1) is 10.2. The van der Waals surface area contributed by atoms with Crippen LogP contribution in [0.25, 0.3) is 10.8 Å². The van der Waals surface area contributed by atoms with Crippen molar-refractivity contribution in [3.8, 4) is 11.5 Å². The molecule has 3 rings (SSSR count). The molecule has 0 bridgehead atoms. The van der Waals surface area contributed by atoms with Crippen molar-refractivity contribution in [1.29, 1.82) is 0 Å². The molecule has 1 N–H and O–H groups in total. The van der Waals surface area contributed by atoms with Gasteiger partial charge in [0.1, 0.15) is 5.82 Å². The zero-order valence-electron chi connectivity index (χ0n) is 12.7. The summed E-state index contributed by atoms with van der Waals surface area (Å²) in [5.74, 6) is 2.50. The number of benzene rings is 1. The van der Waals surface area contributed by atoms with Crippen LogP contribution < -0.4 is 19.7 Å². The molecular weight excluding hydrogens is 266 g/mol. The number of fused-ring (bicyclic) bond motifs is 1. The summed E-state index contributed by atoms with van der Waals surface area (Å²) >= 11 is 0. The molecule has 1 unspecified atom stereocenters. The summed E-state index contributed by atoms with van der Waals surface area (Å²) in [7, 11) is 3.32. The minimum atomic E-state index is 0.421. The van der Waals surface area contributed by atoms with Gasteiger partial charge in [-0.05, 0) is 30.5 Å². The van der Waals surface area contributed by atoms with E-state index in [9.17, 15) is 0 Å². The molecule has 1 saturated heterocycles. The highest BCUT2D eigenvalue weighted by molar-refractivity contribution is 5.94. The van der Waals surface area contributed by atoms with Crippen molar-refractivity contribution in [3.63, 3.8) is 0 Å². The van der Waals surface area contributed by atoms with E-state index in [0.29, 0.717) is 6.04 Å². The highest BCUT2D eigenvalue weighted by Crippen LogP contribution is 2.36.